The van der Waals surface area contributed by atoms with Crippen molar-refractivity contribution in [3.05, 3.63) is 34.7 Å². The Hall–Kier alpha value is -1.38. The summed E-state index contributed by atoms with van der Waals surface area (Å²) in [5, 5.41) is 3.70. The first-order valence-electron chi connectivity index (χ1n) is 8.60. The van der Waals surface area contributed by atoms with E-state index < -0.39 is 5.54 Å². The van der Waals surface area contributed by atoms with Crippen LogP contribution >= 0.6 is 0 Å². The van der Waals surface area contributed by atoms with Gasteiger partial charge in [0.05, 0.1) is 7.11 Å². The topological polar surface area (TPSA) is 38.7 Å². The van der Waals surface area contributed by atoms with Crippen molar-refractivity contribution in [1.82, 2.24) is 0 Å². The highest BCUT2D eigenvalue weighted by Crippen LogP contribution is 2.45. The molecule has 1 fully saturated rings. The maximum Gasteiger partial charge on any atom is 0.118 e. The van der Waals surface area contributed by atoms with E-state index in [1.807, 2.05) is 12.1 Å². The fourth-order valence-corrected chi connectivity index (χ4v) is 3.75. The second-order valence-electron chi connectivity index (χ2n) is 7.05. The second-order valence-corrected chi connectivity index (χ2v) is 7.05. The number of methoxy groups -OCH3 is 1. The molecule has 3 nitrogen and oxygen atoms in total. The molecule has 22 heavy (non-hydrogen) atoms. The highest BCUT2D eigenvalue weighted by Gasteiger charge is 2.42. The molecule has 0 heterocycles. The van der Waals surface area contributed by atoms with Gasteiger partial charge in [-0.1, -0.05) is 56.8 Å². The summed E-state index contributed by atoms with van der Waals surface area (Å²) in [6, 6.07) is 8.23. The van der Waals surface area contributed by atoms with Crippen molar-refractivity contribution in [3.63, 3.8) is 0 Å². The number of hydrogen-bond donors (Lipinski definition) is 0. The molecular formula is C19H29NO2. The van der Waals surface area contributed by atoms with Crippen LogP contribution in [0.4, 0.5) is 0 Å². The number of benzene rings is 1. The minimum absolute atomic E-state index is 0.235. The number of ether oxygens (including phenoxy) is 1. The average molecular weight is 303 g/mol. The molecular weight excluding hydrogens is 274 g/mol. The van der Waals surface area contributed by atoms with Gasteiger partial charge in [0.25, 0.3) is 0 Å². The van der Waals surface area contributed by atoms with E-state index in [-0.39, 0.29) is 5.92 Å². The molecule has 0 N–H and O–H groups in total. The van der Waals surface area contributed by atoms with Crippen LogP contribution in [0.1, 0.15) is 70.3 Å². The van der Waals surface area contributed by atoms with Gasteiger partial charge in [-0.05, 0) is 42.9 Å². The third-order valence-electron chi connectivity index (χ3n) is 5.10. The van der Waals surface area contributed by atoms with Crippen molar-refractivity contribution in [1.29, 1.82) is 0 Å². The van der Waals surface area contributed by atoms with Gasteiger partial charge in [0.2, 0.25) is 0 Å². The van der Waals surface area contributed by atoms with Gasteiger partial charge in [-0.25, -0.2) is 0 Å². The van der Waals surface area contributed by atoms with Gasteiger partial charge in [-0.3, -0.25) is 0 Å². The van der Waals surface area contributed by atoms with Gasteiger partial charge in [-0.15, -0.1) is 0 Å². The Morgan fingerprint density at radius 2 is 1.73 bits per heavy atom. The molecule has 1 atom stereocenters. The standard InChI is InChI=1S/C19H29NO2/c1-15(2)7-12-18(16-8-10-17(22-3)11-9-16)19(20-21)13-5-4-6-14-19/h8-11,15,18H,4-7,12-14H2,1-3H3. The summed E-state index contributed by atoms with van der Waals surface area (Å²) in [4.78, 5) is 11.8. The van der Waals surface area contributed by atoms with Crippen LogP contribution in [0, 0.1) is 10.8 Å². The predicted octanol–water partition coefficient (Wildman–Crippen LogP) is 5.68. The molecule has 2 rings (SSSR count). The minimum Gasteiger partial charge on any atom is -0.497 e. The van der Waals surface area contributed by atoms with E-state index in [1.165, 1.54) is 12.0 Å². The van der Waals surface area contributed by atoms with Gasteiger partial charge in [0.15, 0.2) is 0 Å². The largest absolute Gasteiger partial charge is 0.497 e. The molecule has 1 aromatic carbocycles. The molecule has 1 aliphatic rings. The van der Waals surface area contributed by atoms with Gasteiger partial charge in [0.1, 0.15) is 11.3 Å². The summed E-state index contributed by atoms with van der Waals surface area (Å²) < 4.78 is 5.26. The lowest BCUT2D eigenvalue weighted by Gasteiger charge is -2.38. The Morgan fingerprint density at radius 1 is 1.09 bits per heavy atom. The molecule has 1 saturated carbocycles. The van der Waals surface area contributed by atoms with Crippen molar-refractivity contribution in [3.8, 4) is 5.75 Å². The third-order valence-corrected chi connectivity index (χ3v) is 5.10. The summed E-state index contributed by atoms with van der Waals surface area (Å²) in [6.45, 7) is 4.49. The fourth-order valence-electron chi connectivity index (χ4n) is 3.75. The van der Waals surface area contributed by atoms with Crippen molar-refractivity contribution in [2.75, 3.05) is 7.11 Å². The Kier molecular flexibility index (Phi) is 5.98. The van der Waals surface area contributed by atoms with Gasteiger partial charge >= 0.3 is 0 Å². The average Bonchev–Trinajstić information content (AvgIpc) is 2.56. The molecule has 0 spiro atoms. The van der Waals surface area contributed by atoms with Gasteiger partial charge in [-0.2, -0.15) is 4.91 Å². The highest BCUT2D eigenvalue weighted by atomic mass is 16.5. The molecule has 1 aliphatic carbocycles. The van der Waals surface area contributed by atoms with E-state index in [1.54, 1.807) is 7.11 Å². The number of nitrogens with zero attached hydrogens (tertiary/aromatic N) is 1. The number of rotatable bonds is 7. The normalized spacial score (nSPS) is 18.9. The Bertz CT molecular complexity index is 461. The molecule has 1 unspecified atom stereocenters. The monoisotopic (exact) mass is 303 g/mol. The zero-order valence-corrected chi connectivity index (χ0v) is 14.2. The van der Waals surface area contributed by atoms with E-state index in [2.05, 4.69) is 31.2 Å². The van der Waals surface area contributed by atoms with Crippen LogP contribution in [0.2, 0.25) is 0 Å². The SMILES string of the molecule is COc1ccc(C(CCC(C)C)C2(N=O)CCCCC2)cc1. The maximum atomic E-state index is 11.8. The first-order chi connectivity index (χ1) is 10.6. The summed E-state index contributed by atoms with van der Waals surface area (Å²) in [6.07, 6.45) is 7.53. The fraction of sp³-hybridized carbons (Fsp3) is 0.684. The molecule has 0 radical (unpaired) electrons. The van der Waals surface area contributed by atoms with Crippen molar-refractivity contribution in [2.24, 2.45) is 11.1 Å². The van der Waals surface area contributed by atoms with Crippen LogP contribution in [0.3, 0.4) is 0 Å². The smallest absolute Gasteiger partial charge is 0.118 e. The molecule has 0 aromatic heterocycles. The van der Waals surface area contributed by atoms with Crippen molar-refractivity contribution < 1.29 is 4.74 Å². The van der Waals surface area contributed by atoms with E-state index >= 15 is 0 Å². The van der Waals surface area contributed by atoms with Gasteiger partial charge < -0.3 is 4.74 Å². The Labute approximate surface area is 134 Å². The molecule has 0 amide bonds. The quantitative estimate of drug-likeness (QED) is 0.607. The maximum absolute atomic E-state index is 11.8. The molecule has 3 heteroatoms. The molecule has 122 valence electrons. The minimum atomic E-state index is -0.401. The van der Waals surface area contributed by atoms with Crippen LogP contribution in [0.25, 0.3) is 0 Å². The van der Waals surface area contributed by atoms with Gasteiger partial charge in [0, 0.05) is 5.92 Å². The third kappa shape index (κ3) is 3.88. The van der Waals surface area contributed by atoms with Crippen molar-refractivity contribution >= 4 is 0 Å². The zero-order chi connectivity index (χ0) is 16.0. The first kappa shape index (κ1) is 17.0. The predicted molar refractivity (Wildman–Crippen MR) is 91.4 cm³/mol. The molecule has 0 bridgehead atoms. The first-order valence-corrected chi connectivity index (χ1v) is 8.60. The number of hydrogen-bond acceptors (Lipinski definition) is 3. The van der Waals surface area contributed by atoms with Crippen LogP contribution in [-0.4, -0.2) is 12.6 Å². The highest BCUT2D eigenvalue weighted by molar-refractivity contribution is 5.32. The second kappa shape index (κ2) is 7.75. The van der Waals surface area contributed by atoms with E-state index in [4.69, 9.17) is 4.74 Å². The Morgan fingerprint density at radius 3 is 2.23 bits per heavy atom. The lowest BCUT2D eigenvalue weighted by Crippen LogP contribution is -2.36. The lowest BCUT2D eigenvalue weighted by molar-refractivity contribution is 0.231. The Balaban J connectivity index is 2.29. The van der Waals surface area contributed by atoms with Crippen LogP contribution in [0.15, 0.2) is 29.4 Å². The summed E-state index contributed by atoms with van der Waals surface area (Å²) >= 11 is 0. The number of nitroso groups, excluding NO2 is 1. The molecule has 0 saturated heterocycles. The van der Waals surface area contributed by atoms with E-state index in [9.17, 15) is 4.91 Å². The van der Waals surface area contributed by atoms with Crippen LogP contribution < -0.4 is 4.74 Å². The summed E-state index contributed by atoms with van der Waals surface area (Å²) in [5.74, 6) is 1.75. The van der Waals surface area contributed by atoms with E-state index in [0.29, 0.717) is 5.92 Å². The lowest BCUT2D eigenvalue weighted by atomic mass is 9.68. The molecule has 0 aliphatic heterocycles. The van der Waals surface area contributed by atoms with Crippen molar-refractivity contribution in [2.45, 2.75) is 70.3 Å². The zero-order valence-electron chi connectivity index (χ0n) is 14.2. The summed E-state index contributed by atoms with van der Waals surface area (Å²) in [7, 11) is 1.68. The van der Waals surface area contributed by atoms with Crippen LogP contribution in [0.5, 0.6) is 5.75 Å². The summed E-state index contributed by atoms with van der Waals surface area (Å²) in [5.41, 5.74) is 0.838. The van der Waals surface area contributed by atoms with Crippen LogP contribution in [-0.2, 0) is 0 Å². The molecule has 1 aromatic rings. The van der Waals surface area contributed by atoms with E-state index in [0.717, 1.165) is 44.3 Å².